The maximum atomic E-state index is 12.6. The van der Waals surface area contributed by atoms with Gasteiger partial charge in [0.05, 0.1) is 46.3 Å². The average molecular weight is 458 g/mol. The Bertz CT molecular complexity index is 974. The number of rotatable bonds is 7. The zero-order chi connectivity index (χ0) is 23.4. The summed E-state index contributed by atoms with van der Waals surface area (Å²) in [6, 6.07) is 11.4. The minimum absolute atomic E-state index is 0.166. The molecule has 0 aromatic heterocycles. The molecule has 10 heteroatoms. The largest absolute Gasteiger partial charge is 0.497 e. The predicted octanol–water partition coefficient (Wildman–Crippen LogP) is 2.23. The lowest BCUT2D eigenvalue weighted by Gasteiger charge is -2.18. The molecule has 2 aliphatic rings. The van der Waals surface area contributed by atoms with Crippen molar-refractivity contribution in [2.45, 2.75) is 24.4 Å². The van der Waals surface area contributed by atoms with Crippen LogP contribution in [0.4, 0.5) is 10.5 Å². The molecule has 0 saturated carbocycles. The summed E-state index contributed by atoms with van der Waals surface area (Å²) in [6.07, 6.45) is -2.15. The third-order valence-corrected chi connectivity index (χ3v) is 5.53. The number of hydrogen-bond donors (Lipinski definition) is 2. The lowest BCUT2D eigenvalue weighted by molar-refractivity contribution is 0.00861. The maximum absolute atomic E-state index is 12.6. The number of amides is 2. The smallest absolute Gasteiger partial charge is 0.412 e. The van der Waals surface area contributed by atoms with Crippen LogP contribution in [-0.4, -0.2) is 70.9 Å². The van der Waals surface area contributed by atoms with Crippen molar-refractivity contribution in [2.24, 2.45) is 0 Å². The van der Waals surface area contributed by atoms with Gasteiger partial charge in [0.2, 0.25) is 0 Å². The molecule has 10 nitrogen and oxygen atoms in total. The average Bonchev–Trinajstić information content (AvgIpc) is 3.42. The Balaban J connectivity index is 1.32. The number of fused-ring (bicyclic) bond motifs is 1. The Morgan fingerprint density at radius 2 is 1.48 bits per heavy atom. The topological polar surface area (TPSA) is 114 Å². The van der Waals surface area contributed by atoms with Crippen LogP contribution in [0.1, 0.15) is 10.4 Å². The van der Waals surface area contributed by atoms with E-state index in [0.717, 1.165) is 0 Å². The van der Waals surface area contributed by atoms with Crippen LogP contribution in [0, 0.1) is 0 Å². The Labute approximate surface area is 191 Å². The first kappa shape index (κ1) is 22.7. The Morgan fingerprint density at radius 3 is 2.12 bits per heavy atom. The number of benzene rings is 2. The van der Waals surface area contributed by atoms with Gasteiger partial charge in [-0.1, -0.05) is 0 Å². The summed E-state index contributed by atoms with van der Waals surface area (Å²) >= 11 is 0. The summed E-state index contributed by atoms with van der Waals surface area (Å²) in [5, 5.41) is 5.59. The lowest BCUT2D eigenvalue weighted by Crippen LogP contribution is -2.44. The second kappa shape index (κ2) is 9.97. The highest BCUT2D eigenvalue weighted by Gasteiger charge is 2.50. The summed E-state index contributed by atoms with van der Waals surface area (Å²) in [5.41, 5.74) is 0.960. The summed E-state index contributed by atoms with van der Waals surface area (Å²) in [4.78, 5) is 25.0. The molecule has 0 unspecified atom stereocenters. The van der Waals surface area contributed by atoms with Crippen LogP contribution < -0.4 is 24.8 Å². The molecule has 0 aliphatic carbocycles. The minimum atomic E-state index is -0.658. The highest BCUT2D eigenvalue weighted by atomic mass is 16.6. The first-order chi connectivity index (χ1) is 16.0. The van der Waals surface area contributed by atoms with Crippen molar-refractivity contribution < 1.29 is 38.0 Å². The number of methoxy groups -OCH3 is 3. The molecule has 2 heterocycles. The molecule has 2 N–H and O–H groups in total. The molecule has 176 valence electrons. The van der Waals surface area contributed by atoms with Gasteiger partial charge in [0.25, 0.3) is 5.91 Å². The summed E-state index contributed by atoms with van der Waals surface area (Å²) < 4.78 is 32.6. The molecule has 4 rings (SSSR count). The van der Waals surface area contributed by atoms with Crippen LogP contribution in [0.2, 0.25) is 0 Å². The Morgan fingerprint density at radius 1 is 0.848 bits per heavy atom. The summed E-state index contributed by atoms with van der Waals surface area (Å²) in [7, 11) is 4.61. The standard InChI is InChI=1S/C23H26N2O8/c1-28-15-6-4-13(5-7-15)22(26)25-18-11-31-21-19(12-32-20(18)21)33-23(27)24-14-8-16(29-2)10-17(9-14)30-3/h4-10,18-21H,11-12H2,1-3H3,(H,24,27)(H,25,26)/t18-,19-,20-,21+/m1/s1. The van der Waals surface area contributed by atoms with Crippen LogP contribution >= 0.6 is 0 Å². The monoisotopic (exact) mass is 458 g/mol. The molecule has 2 aromatic rings. The number of ether oxygens (including phenoxy) is 6. The number of nitrogens with one attached hydrogen (secondary N) is 2. The molecule has 33 heavy (non-hydrogen) atoms. The third-order valence-electron chi connectivity index (χ3n) is 5.53. The van der Waals surface area contributed by atoms with E-state index in [-0.39, 0.29) is 25.2 Å². The summed E-state index contributed by atoms with van der Waals surface area (Å²) in [6.45, 7) is 0.422. The van der Waals surface area contributed by atoms with E-state index in [2.05, 4.69) is 10.6 Å². The quantitative estimate of drug-likeness (QED) is 0.650. The van der Waals surface area contributed by atoms with Gasteiger partial charge in [0.1, 0.15) is 29.5 Å². The molecular formula is C23H26N2O8. The fourth-order valence-corrected chi connectivity index (χ4v) is 3.85. The van der Waals surface area contributed by atoms with Gasteiger partial charge in [0.15, 0.2) is 6.10 Å². The predicted molar refractivity (Wildman–Crippen MR) is 117 cm³/mol. The van der Waals surface area contributed by atoms with Gasteiger partial charge in [-0.3, -0.25) is 10.1 Å². The van der Waals surface area contributed by atoms with E-state index in [1.54, 1.807) is 49.6 Å². The van der Waals surface area contributed by atoms with Crippen LogP contribution in [0.25, 0.3) is 0 Å². The highest BCUT2D eigenvalue weighted by Crippen LogP contribution is 2.30. The SMILES string of the molecule is COc1ccc(C(=O)N[C@@H]2CO[C@@H]3[C@@H]2OC[C@H]3OC(=O)Nc2cc(OC)cc(OC)c2)cc1. The maximum Gasteiger partial charge on any atom is 0.412 e. The Hall–Kier alpha value is -3.50. The zero-order valence-corrected chi connectivity index (χ0v) is 18.5. The zero-order valence-electron chi connectivity index (χ0n) is 18.5. The Kier molecular flexibility index (Phi) is 6.85. The molecular weight excluding hydrogens is 432 g/mol. The van der Waals surface area contributed by atoms with Crippen molar-refractivity contribution in [2.75, 3.05) is 39.9 Å². The van der Waals surface area contributed by atoms with E-state index < -0.39 is 24.4 Å². The van der Waals surface area contributed by atoms with E-state index in [1.807, 2.05) is 0 Å². The van der Waals surface area contributed by atoms with Crippen molar-refractivity contribution in [3.05, 3.63) is 48.0 Å². The van der Waals surface area contributed by atoms with Crippen LogP contribution in [-0.2, 0) is 14.2 Å². The number of carbonyl (C=O) groups excluding carboxylic acids is 2. The van der Waals surface area contributed by atoms with E-state index in [4.69, 9.17) is 28.4 Å². The molecule has 2 aliphatic heterocycles. The van der Waals surface area contributed by atoms with Gasteiger partial charge in [-0.15, -0.1) is 0 Å². The number of hydrogen-bond acceptors (Lipinski definition) is 8. The van der Waals surface area contributed by atoms with E-state index in [1.165, 1.54) is 14.2 Å². The van der Waals surface area contributed by atoms with E-state index >= 15 is 0 Å². The van der Waals surface area contributed by atoms with Gasteiger partial charge in [0, 0.05) is 23.8 Å². The third kappa shape index (κ3) is 5.12. The van der Waals surface area contributed by atoms with Crippen LogP contribution in [0.3, 0.4) is 0 Å². The van der Waals surface area contributed by atoms with Crippen molar-refractivity contribution in [3.8, 4) is 17.2 Å². The van der Waals surface area contributed by atoms with Crippen molar-refractivity contribution in [1.29, 1.82) is 0 Å². The summed E-state index contributed by atoms with van der Waals surface area (Å²) in [5.74, 6) is 1.48. The van der Waals surface area contributed by atoms with Crippen molar-refractivity contribution in [3.63, 3.8) is 0 Å². The van der Waals surface area contributed by atoms with Gasteiger partial charge in [-0.2, -0.15) is 0 Å². The molecule has 0 spiro atoms. The van der Waals surface area contributed by atoms with Gasteiger partial charge in [-0.05, 0) is 24.3 Å². The van der Waals surface area contributed by atoms with Crippen LogP contribution in [0.5, 0.6) is 17.2 Å². The van der Waals surface area contributed by atoms with Crippen LogP contribution in [0.15, 0.2) is 42.5 Å². The van der Waals surface area contributed by atoms with E-state index in [0.29, 0.717) is 28.5 Å². The lowest BCUT2D eigenvalue weighted by atomic mass is 10.1. The molecule has 0 bridgehead atoms. The minimum Gasteiger partial charge on any atom is -0.497 e. The number of anilines is 1. The molecule has 2 saturated heterocycles. The normalized spacial score (nSPS) is 23.4. The fourth-order valence-electron chi connectivity index (χ4n) is 3.85. The van der Waals surface area contributed by atoms with E-state index in [9.17, 15) is 9.59 Å². The molecule has 0 radical (unpaired) electrons. The molecule has 2 fully saturated rings. The van der Waals surface area contributed by atoms with Gasteiger partial charge in [-0.25, -0.2) is 4.79 Å². The molecule has 2 amide bonds. The first-order valence-corrected chi connectivity index (χ1v) is 10.4. The van der Waals surface area contributed by atoms with Gasteiger partial charge < -0.3 is 33.7 Å². The second-order valence-electron chi connectivity index (χ2n) is 7.57. The second-order valence-corrected chi connectivity index (χ2v) is 7.57. The number of carbonyl (C=O) groups is 2. The molecule has 2 aromatic carbocycles. The first-order valence-electron chi connectivity index (χ1n) is 10.4. The van der Waals surface area contributed by atoms with Crippen molar-refractivity contribution in [1.82, 2.24) is 5.32 Å². The van der Waals surface area contributed by atoms with Crippen molar-refractivity contribution >= 4 is 17.7 Å². The van der Waals surface area contributed by atoms with Gasteiger partial charge >= 0.3 is 6.09 Å². The fraction of sp³-hybridized carbons (Fsp3) is 0.391. The molecule has 4 atom stereocenters. The highest BCUT2D eigenvalue weighted by molar-refractivity contribution is 5.94.